The number of aromatic nitrogens is 1. The Balaban J connectivity index is 1.33. The maximum Gasteiger partial charge on any atom is 0.237 e. The summed E-state index contributed by atoms with van der Waals surface area (Å²) in [4.78, 5) is 37.7. The number of likely N-dealkylation sites (tertiary alicyclic amines) is 1. The van der Waals surface area contributed by atoms with Crippen LogP contribution in [0.25, 0.3) is 0 Å². The number of pyridine rings is 1. The first-order valence-corrected chi connectivity index (χ1v) is 14.3. The summed E-state index contributed by atoms with van der Waals surface area (Å²) in [6, 6.07) is 14.2. The quantitative estimate of drug-likeness (QED) is 0.344. The summed E-state index contributed by atoms with van der Waals surface area (Å²) in [6.45, 7) is 5.90. The molecule has 2 aromatic carbocycles. The fraction of sp³-hybridized carbons (Fsp3) is 0.394. The number of nitrogens with one attached hydrogen (secondary N) is 1. The number of methoxy groups -OCH3 is 1. The molecule has 1 aromatic heterocycles. The van der Waals surface area contributed by atoms with Gasteiger partial charge in [-0.1, -0.05) is 25.1 Å². The number of ketones is 1. The van der Waals surface area contributed by atoms with Crippen molar-refractivity contribution in [3.8, 4) is 5.75 Å². The van der Waals surface area contributed by atoms with E-state index in [0.29, 0.717) is 49.4 Å². The molecule has 7 nitrogen and oxygen atoms in total. The monoisotopic (exact) mass is 556 g/mol. The molecule has 0 unspecified atom stereocenters. The molecule has 8 heteroatoms. The first-order valence-electron chi connectivity index (χ1n) is 14.3. The summed E-state index contributed by atoms with van der Waals surface area (Å²) >= 11 is 0. The van der Waals surface area contributed by atoms with E-state index in [0.717, 1.165) is 40.9 Å². The Kier molecular flexibility index (Phi) is 8.88. The third kappa shape index (κ3) is 6.38. The van der Waals surface area contributed by atoms with Crippen molar-refractivity contribution in [3.05, 3.63) is 94.1 Å². The molecule has 1 fully saturated rings. The summed E-state index contributed by atoms with van der Waals surface area (Å²) in [6.07, 6.45) is 4.32. The summed E-state index contributed by atoms with van der Waals surface area (Å²) in [5.74, 6) is 0.141. The lowest BCUT2D eigenvalue weighted by atomic mass is 9.86. The molecule has 2 atom stereocenters. The second kappa shape index (κ2) is 12.7. The van der Waals surface area contributed by atoms with Crippen LogP contribution in [0.5, 0.6) is 5.75 Å². The molecule has 1 amide bonds. The number of aryl methyl sites for hydroxylation is 1. The molecule has 2 aliphatic heterocycles. The number of halogens is 1. The lowest BCUT2D eigenvalue weighted by molar-refractivity contribution is -0.128. The lowest BCUT2D eigenvalue weighted by Crippen LogP contribution is -2.51. The van der Waals surface area contributed by atoms with E-state index in [1.807, 2.05) is 49.1 Å². The van der Waals surface area contributed by atoms with Gasteiger partial charge in [-0.3, -0.25) is 24.5 Å². The molecular weight excluding hydrogens is 519 g/mol. The van der Waals surface area contributed by atoms with Crippen LogP contribution in [0.1, 0.15) is 70.9 Å². The zero-order valence-corrected chi connectivity index (χ0v) is 24.0. The second-order valence-corrected chi connectivity index (χ2v) is 11.0. The molecule has 1 saturated heterocycles. The minimum absolute atomic E-state index is 0.0414. The summed E-state index contributed by atoms with van der Waals surface area (Å²) in [5.41, 5.74) is 5.99. The third-order valence-electron chi connectivity index (χ3n) is 8.03. The molecule has 41 heavy (non-hydrogen) atoms. The van der Waals surface area contributed by atoms with Crippen LogP contribution < -0.4 is 10.1 Å². The maximum absolute atomic E-state index is 14.9. The van der Waals surface area contributed by atoms with Crippen molar-refractivity contribution in [1.82, 2.24) is 15.2 Å². The minimum Gasteiger partial charge on any atom is -0.496 e. The number of amides is 1. The van der Waals surface area contributed by atoms with Crippen molar-refractivity contribution in [2.24, 2.45) is 10.9 Å². The summed E-state index contributed by atoms with van der Waals surface area (Å²) in [7, 11) is 1.52. The predicted molar refractivity (Wildman–Crippen MR) is 157 cm³/mol. The molecule has 2 aliphatic rings. The molecule has 0 saturated carbocycles. The van der Waals surface area contributed by atoms with Crippen molar-refractivity contribution >= 4 is 17.4 Å². The molecule has 3 heterocycles. The van der Waals surface area contributed by atoms with Crippen molar-refractivity contribution in [3.63, 3.8) is 0 Å². The van der Waals surface area contributed by atoms with Crippen LogP contribution in [0.4, 0.5) is 4.39 Å². The Morgan fingerprint density at radius 1 is 1.15 bits per heavy atom. The van der Waals surface area contributed by atoms with E-state index in [4.69, 9.17) is 9.73 Å². The van der Waals surface area contributed by atoms with Crippen LogP contribution in [-0.4, -0.2) is 53.5 Å². The normalized spacial score (nSPS) is 18.5. The van der Waals surface area contributed by atoms with Gasteiger partial charge in [0.05, 0.1) is 25.4 Å². The van der Waals surface area contributed by atoms with Gasteiger partial charge >= 0.3 is 0 Å². The van der Waals surface area contributed by atoms with Gasteiger partial charge < -0.3 is 10.1 Å². The highest BCUT2D eigenvalue weighted by Gasteiger charge is 2.35. The van der Waals surface area contributed by atoms with E-state index in [9.17, 15) is 14.0 Å². The molecule has 3 aromatic rings. The average Bonchev–Trinajstić information content (AvgIpc) is 3.40. The van der Waals surface area contributed by atoms with Gasteiger partial charge in [0.15, 0.2) is 5.78 Å². The molecule has 214 valence electrons. The maximum atomic E-state index is 14.9. The van der Waals surface area contributed by atoms with Crippen LogP contribution in [0.3, 0.4) is 0 Å². The predicted octanol–water partition coefficient (Wildman–Crippen LogP) is 5.27. The minimum atomic E-state index is -0.389. The zero-order valence-electron chi connectivity index (χ0n) is 24.0. The highest BCUT2D eigenvalue weighted by Crippen LogP contribution is 2.31. The molecule has 0 bridgehead atoms. The average molecular weight is 557 g/mol. The number of carbonyl (C=O) groups is 2. The number of rotatable bonds is 10. The van der Waals surface area contributed by atoms with Gasteiger partial charge in [-0.15, -0.1) is 0 Å². The lowest BCUT2D eigenvalue weighted by Gasteiger charge is -2.39. The van der Waals surface area contributed by atoms with Gasteiger partial charge in [-0.25, -0.2) is 4.39 Å². The Morgan fingerprint density at radius 3 is 2.78 bits per heavy atom. The first-order chi connectivity index (χ1) is 19.9. The Labute approximate surface area is 240 Å². The van der Waals surface area contributed by atoms with E-state index in [1.165, 1.54) is 13.2 Å². The van der Waals surface area contributed by atoms with Crippen molar-refractivity contribution in [2.75, 3.05) is 20.2 Å². The van der Waals surface area contributed by atoms with Crippen molar-refractivity contribution in [2.45, 2.75) is 58.7 Å². The Bertz CT molecular complexity index is 1470. The van der Waals surface area contributed by atoms with Crippen LogP contribution in [0, 0.1) is 18.7 Å². The number of ether oxygens (including phenoxy) is 1. The van der Waals surface area contributed by atoms with Crippen molar-refractivity contribution < 1.29 is 18.7 Å². The summed E-state index contributed by atoms with van der Waals surface area (Å²) in [5, 5.41) is 3.00. The smallest absolute Gasteiger partial charge is 0.237 e. The van der Waals surface area contributed by atoms with Gasteiger partial charge in [0, 0.05) is 60.2 Å². The fourth-order valence-corrected chi connectivity index (χ4v) is 5.89. The number of aliphatic imine (C=N–C) groups is 1. The number of piperidine rings is 1. The van der Waals surface area contributed by atoms with Crippen LogP contribution in [-0.2, 0) is 17.9 Å². The van der Waals surface area contributed by atoms with E-state index in [1.54, 1.807) is 18.3 Å². The fourth-order valence-electron chi connectivity index (χ4n) is 5.89. The van der Waals surface area contributed by atoms with E-state index in [-0.39, 0.29) is 36.0 Å². The topological polar surface area (TPSA) is 83.9 Å². The van der Waals surface area contributed by atoms with E-state index >= 15 is 0 Å². The number of nitrogens with zero attached hydrogens (tertiary/aromatic N) is 3. The number of Topliss-reactive ketones (excluding diaryl/α,β-unsaturated/α-hetero) is 1. The largest absolute Gasteiger partial charge is 0.496 e. The van der Waals surface area contributed by atoms with Crippen LogP contribution in [0.2, 0.25) is 0 Å². The zero-order chi connectivity index (χ0) is 28.9. The van der Waals surface area contributed by atoms with E-state index < -0.39 is 0 Å². The highest BCUT2D eigenvalue weighted by atomic mass is 19.1. The van der Waals surface area contributed by atoms with Gasteiger partial charge in [0.25, 0.3) is 0 Å². The Hall–Kier alpha value is -3.91. The molecule has 0 radical (unpaired) electrons. The molecule has 0 spiro atoms. The number of hydrogen-bond acceptors (Lipinski definition) is 6. The highest BCUT2D eigenvalue weighted by molar-refractivity contribution is 6.16. The van der Waals surface area contributed by atoms with E-state index in [2.05, 4.69) is 10.3 Å². The van der Waals surface area contributed by atoms with Gasteiger partial charge in [-0.2, -0.15) is 0 Å². The van der Waals surface area contributed by atoms with Gasteiger partial charge in [0.1, 0.15) is 11.6 Å². The molecule has 5 rings (SSSR count). The molecular formula is C33H37FN4O3. The van der Waals surface area contributed by atoms with Crippen LogP contribution >= 0.6 is 0 Å². The number of benzene rings is 2. The third-order valence-corrected chi connectivity index (χ3v) is 8.03. The summed E-state index contributed by atoms with van der Waals surface area (Å²) < 4.78 is 20.3. The first kappa shape index (κ1) is 28.6. The SMILES string of the molecule is CCCNC(=O)[C@@H]1CC[C@@H](CC(=O)c2ccc3c(c2)C(c2ccnc(C)c2)=NC3)CN1Cc1c(F)cccc1OC. The standard InChI is InChI=1S/C33H37FN4O3/c1-4-13-36-33(40)29-11-8-22(19-38(29)20-27-28(34)6-5-7-31(27)41-3)16-30(39)23-9-10-25-18-37-32(26(25)17-23)24-12-14-35-21(2)15-24/h5-7,9-10,12,14-15,17,22,29H,4,8,11,13,16,18-20H2,1-3H3,(H,36,40)/t22-,29-/m0/s1. The second-order valence-electron chi connectivity index (χ2n) is 11.0. The number of fused-ring (bicyclic) bond motifs is 1. The van der Waals surface area contributed by atoms with Gasteiger partial charge in [0.2, 0.25) is 5.91 Å². The van der Waals surface area contributed by atoms with Crippen molar-refractivity contribution in [1.29, 1.82) is 0 Å². The Morgan fingerprint density at radius 2 is 2.00 bits per heavy atom. The molecule has 0 aliphatic carbocycles. The number of hydrogen-bond donors (Lipinski definition) is 1. The molecule has 1 N–H and O–H groups in total. The van der Waals surface area contributed by atoms with Gasteiger partial charge in [-0.05, 0) is 68.0 Å². The van der Waals surface area contributed by atoms with Crippen LogP contribution in [0.15, 0.2) is 59.7 Å². The number of carbonyl (C=O) groups excluding carboxylic acids is 2.